The summed E-state index contributed by atoms with van der Waals surface area (Å²) >= 11 is 10.7. The van der Waals surface area contributed by atoms with Crippen molar-refractivity contribution in [1.82, 2.24) is 19.6 Å². The van der Waals surface area contributed by atoms with Gasteiger partial charge < -0.3 is 10.1 Å². The first-order chi connectivity index (χ1) is 18.4. The SMILES string of the molecule is CC1(C)Cc2c(sc3nc(SCc4ccccc4)n4c(SCC(=O)Nc5cccc(Cl)c5)nnc4c23)CO1. The van der Waals surface area contributed by atoms with Crippen LogP contribution < -0.4 is 5.32 Å². The molecule has 0 atom stereocenters. The van der Waals surface area contributed by atoms with E-state index in [2.05, 4.69) is 41.5 Å². The highest BCUT2D eigenvalue weighted by molar-refractivity contribution is 8.00. The molecule has 4 heterocycles. The average Bonchev–Trinajstić information content (AvgIpc) is 3.47. The first kappa shape index (κ1) is 25.6. The molecule has 1 amide bonds. The number of thiophene rings is 1. The van der Waals surface area contributed by atoms with E-state index < -0.39 is 0 Å². The molecular formula is C27H24ClN5O2S3. The van der Waals surface area contributed by atoms with Gasteiger partial charge in [-0.15, -0.1) is 21.5 Å². The molecule has 1 aliphatic rings. The molecule has 1 aliphatic heterocycles. The van der Waals surface area contributed by atoms with E-state index in [1.165, 1.54) is 27.8 Å². The van der Waals surface area contributed by atoms with Crippen LogP contribution in [0.3, 0.4) is 0 Å². The summed E-state index contributed by atoms with van der Waals surface area (Å²) in [4.78, 5) is 19.9. The van der Waals surface area contributed by atoms with Crippen LogP contribution in [0.15, 0.2) is 64.9 Å². The molecule has 0 unspecified atom stereocenters. The number of nitrogens with zero attached hydrogens (tertiary/aromatic N) is 4. The number of carbonyl (C=O) groups excluding carboxylic acids is 1. The van der Waals surface area contributed by atoms with Gasteiger partial charge in [0.1, 0.15) is 4.83 Å². The van der Waals surface area contributed by atoms with Crippen LogP contribution in [0.4, 0.5) is 5.69 Å². The predicted molar refractivity (Wildman–Crippen MR) is 156 cm³/mol. The van der Waals surface area contributed by atoms with E-state index in [0.29, 0.717) is 22.5 Å². The van der Waals surface area contributed by atoms with Crippen LogP contribution in [0.5, 0.6) is 0 Å². The normalized spacial score (nSPS) is 14.6. The highest BCUT2D eigenvalue weighted by Gasteiger charge is 2.31. The zero-order chi connectivity index (χ0) is 26.3. The number of ether oxygens (including phenoxy) is 1. The molecule has 0 radical (unpaired) electrons. The average molecular weight is 582 g/mol. The third-order valence-corrected chi connectivity index (χ3v) is 9.44. The van der Waals surface area contributed by atoms with Gasteiger partial charge in [-0.1, -0.05) is 71.5 Å². The highest BCUT2D eigenvalue weighted by atomic mass is 35.5. The Balaban J connectivity index is 1.35. The Morgan fingerprint density at radius 2 is 1.97 bits per heavy atom. The van der Waals surface area contributed by atoms with Gasteiger partial charge in [-0.05, 0) is 43.2 Å². The van der Waals surface area contributed by atoms with Crippen LogP contribution in [-0.2, 0) is 28.3 Å². The summed E-state index contributed by atoms with van der Waals surface area (Å²) in [6.07, 6.45) is 0.785. The molecule has 0 spiro atoms. The largest absolute Gasteiger partial charge is 0.370 e. The molecular weight excluding hydrogens is 558 g/mol. The van der Waals surface area contributed by atoms with Gasteiger partial charge in [0.25, 0.3) is 0 Å². The first-order valence-corrected chi connectivity index (χ1v) is 15.2. The Bertz CT molecular complexity index is 1650. The third-order valence-electron chi connectivity index (χ3n) is 6.17. The van der Waals surface area contributed by atoms with Crippen molar-refractivity contribution in [3.05, 3.63) is 75.6 Å². The third kappa shape index (κ3) is 5.28. The number of hydrogen-bond acceptors (Lipinski definition) is 8. The van der Waals surface area contributed by atoms with Crippen molar-refractivity contribution < 1.29 is 9.53 Å². The van der Waals surface area contributed by atoms with Crippen molar-refractivity contribution in [2.75, 3.05) is 11.1 Å². The molecule has 0 saturated heterocycles. The lowest BCUT2D eigenvalue weighted by atomic mass is 9.94. The molecule has 1 N–H and O–H groups in total. The molecule has 3 aromatic heterocycles. The van der Waals surface area contributed by atoms with Crippen molar-refractivity contribution in [2.45, 2.75) is 48.5 Å². The maximum atomic E-state index is 12.7. The van der Waals surface area contributed by atoms with Gasteiger partial charge in [0.2, 0.25) is 5.91 Å². The summed E-state index contributed by atoms with van der Waals surface area (Å²) in [5, 5.41) is 15.1. The standard InChI is InChI=1S/C27H24ClN5O2S3/c1-27(2)12-19-20(13-35-27)38-24-22(19)23-31-32-26(37-15-21(34)29-18-10-6-9-17(28)11-18)33(23)25(30-24)36-14-16-7-4-3-5-8-16/h3-11H,12-15H2,1-2H3,(H,29,34). The molecule has 5 aromatic rings. The number of hydrogen-bond donors (Lipinski definition) is 1. The van der Waals surface area contributed by atoms with Gasteiger partial charge in [-0.3, -0.25) is 4.79 Å². The summed E-state index contributed by atoms with van der Waals surface area (Å²) in [6.45, 7) is 4.79. The molecule has 0 fully saturated rings. The Hall–Kier alpha value is -2.63. The number of thioether (sulfide) groups is 2. The minimum atomic E-state index is -0.255. The molecule has 194 valence electrons. The second kappa shape index (κ2) is 10.5. The number of amides is 1. The van der Waals surface area contributed by atoms with E-state index in [9.17, 15) is 4.79 Å². The van der Waals surface area contributed by atoms with E-state index in [1.54, 1.807) is 41.3 Å². The zero-order valence-corrected chi connectivity index (χ0v) is 23.9. The fourth-order valence-corrected chi connectivity index (χ4v) is 7.48. The van der Waals surface area contributed by atoms with Crippen LogP contribution in [0, 0.1) is 0 Å². The molecule has 7 nitrogen and oxygen atoms in total. The number of halogens is 1. The second-order valence-electron chi connectivity index (χ2n) is 9.57. The van der Waals surface area contributed by atoms with Gasteiger partial charge in [0, 0.05) is 27.8 Å². The van der Waals surface area contributed by atoms with Crippen molar-refractivity contribution in [3.8, 4) is 0 Å². The van der Waals surface area contributed by atoms with Gasteiger partial charge in [0.15, 0.2) is 16.0 Å². The predicted octanol–water partition coefficient (Wildman–Crippen LogP) is 6.87. The topological polar surface area (TPSA) is 81.4 Å². The van der Waals surface area contributed by atoms with Crippen molar-refractivity contribution in [1.29, 1.82) is 0 Å². The number of rotatable bonds is 7. The lowest BCUT2D eigenvalue weighted by molar-refractivity contribution is -0.113. The van der Waals surface area contributed by atoms with Crippen LogP contribution >= 0.6 is 46.5 Å². The van der Waals surface area contributed by atoms with E-state index in [1.807, 2.05) is 28.7 Å². The van der Waals surface area contributed by atoms with Gasteiger partial charge in [0.05, 0.1) is 23.3 Å². The van der Waals surface area contributed by atoms with Crippen molar-refractivity contribution in [2.24, 2.45) is 0 Å². The molecule has 6 rings (SSSR count). The summed E-state index contributed by atoms with van der Waals surface area (Å²) in [6, 6.07) is 17.4. The summed E-state index contributed by atoms with van der Waals surface area (Å²) < 4.78 is 8.08. The fourth-order valence-electron chi connectivity index (χ4n) is 4.40. The first-order valence-electron chi connectivity index (χ1n) is 12.0. The number of fused-ring (bicyclic) bond motifs is 5. The Kier molecular flexibility index (Phi) is 7.09. The Labute approximate surface area is 237 Å². The van der Waals surface area contributed by atoms with Gasteiger partial charge >= 0.3 is 0 Å². The maximum Gasteiger partial charge on any atom is 0.234 e. The summed E-state index contributed by atoms with van der Waals surface area (Å²) in [7, 11) is 0. The van der Waals surface area contributed by atoms with Crippen molar-refractivity contribution >= 4 is 73.9 Å². The zero-order valence-electron chi connectivity index (χ0n) is 20.7. The van der Waals surface area contributed by atoms with E-state index in [4.69, 9.17) is 21.3 Å². The lowest BCUT2D eigenvalue weighted by Crippen LogP contribution is -2.31. The Morgan fingerprint density at radius 3 is 2.79 bits per heavy atom. The Morgan fingerprint density at radius 1 is 1.13 bits per heavy atom. The molecule has 0 aliphatic carbocycles. The van der Waals surface area contributed by atoms with E-state index in [0.717, 1.165) is 33.2 Å². The number of carbonyl (C=O) groups is 1. The molecule has 2 aromatic carbocycles. The smallest absolute Gasteiger partial charge is 0.234 e. The molecule has 38 heavy (non-hydrogen) atoms. The molecule has 0 saturated carbocycles. The molecule has 11 heteroatoms. The minimum Gasteiger partial charge on any atom is -0.370 e. The van der Waals surface area contributed by atoms with Crippen LogP contribution in [-0.4, -0.2) is 36.8 Å². The second-order valence-corrected chi connectivity index (χ2v) is 13.0. The summed E-state index contributed by atoms with van der Waals surface area (Å²) in [5.74, 6) is 0.789. The quantitative estimate of drug-likeness (QED) is 0.166. The highest BCUT2D eigenvalue weighted by Crippen LogP contribution is 2.41. The summed E-state index contributed by atoms with van der Waals surface area (Å²) in [5.41, 5.74) is 3.62. The van der Waals surface area contributed by atoms with Gasteiger partial charge in [-0.2, -0.15) is 0 Å². The van der Waals surface area contributed by atoms with Crippen LogP contribution in [0.1, 0.15) is 29.9 Å². The van der Waals surface area contributed by atoms with E-state index >= 15 is 0 Å². The van der Waals surface area contributed by atoms with Crippen molar-refractivity contribution in [3.63, 3.8) is 0 Å². The number of anilines is 1. The van der Waals surface area contributed by atoms with Gasteiger partial charge in [-0.25, -0.2) is 9.38 Å². The number of nitrogens with one attached hydrogen (secondary N) is 1. The number of aromatic nitrogens is 4. The van der Waals surface area contributed by atoms with E-state index in [-0.39, 0.29) is 17.3 Å². The number of benzene rings is 2. The van der Waals surface area contributed by atoms with Crippen LogP contribution in [0.25, 0.3) is 15.9 Å². The van der Waals surface area contributed by atoms with Crippen LogP contribution in [0.2, 0.25) is 5.02 Å². The minimum absolute atomic E-state index is 0.145. The monoisotopic (exact) mass is 581 g/mol. The maximum absolute atomic E-state index is 12.7. The fraction of sp³-hybridized carbons (Fsp3) is 0.259. The lowest BCUT2D eigenvalue weighted by Gasteiger charge is -2.30. The molecule has 0 bridgehead atoms.